The lowest BCUT2D eigenvalue weighted by Crippen LogP contribution is -2.25. The van der Waals surface area contributed by atoms with Crippen LogP contribution >= 0.6 is 38.1 Å². The van der Waals surface area contributed by atoms with Crippen LogP contribution < -0.4 is 0 Å². The average molecular weight is 322 g/mol. The van der Waals surface area contributed by atoms with Crippen LogP contribution in [0.25, 0.3) is 0 Å². The van der Waals surface area contributed by atoms with Crippen LogP contribution in [0.15, 0.2) is 0 Å². The fraction of sp³-hybridized carbons (Fsp3) is 0.875. The molecule has 0 amide bonds. The van der Waals surface area contributed by atoms with E-state index in [2.05, 4.69) is 15.9 Å². The van der Waals surface area contributed by atoms with Crippen molar-refractivity contribution >= 4 is 50.8 Å². The number of hydrogen-bond donors (Lipinski definition) is 0. The molecule has 0 aromatic heterocycles. The van der Waals surface area contributed by atoms with Crippen molar-refractivity contribution < 1.29 is 9.53 Å². The van der Waals surface area contributed by atoms with Gasteiger partial charge in [-0.15, -0.1) is 22.2 Å². The van der Waals surface area contributed by atoms with Gasteiger partial charge >= 0.3 is 5.97 Å². The van der Waals surface area contributed by atoms with Crippen molar-refractivity contribution in [3.8, 4) is 0 Å². The molecule has 2 nitrogen and oxygen atoms in total. The van der Waals surface area contributed by atoms with Crippen molar-refractivity contribution in [2.45, 2.75) is 37.2 Å². The molecule has 0 radical (unpaired) electrons. The molecule has 0 aromatic carbocycles. The van der Waals surface area contributed by atoms with Gasteiger partial charge < -0.3 is 4.74 Å². The zero-order valence-electron chi connectivity index (χ0n) is 8.36. The van der Waals surface area contributed by atoms with Gasteiger partial charge in [0.15, 0.2) is 0 Å². The Balaban J connectivity index is 3.75. The fourth-order valence-electron chi connectivity index (χ4n) is 0.813. The number of carbonyl (C=O) groups excluding carboxylic acids is 1. The van der Waals surface area contributed by atoms with Gasteiger partial charge in [0.2, 0.25) is 0 Å². The van der Waals surface area contributed by atoms with Crippen LogP contribution in [0.5, 0.6) is 0 Å². The molecule has 14 heavy (non-hydrogen) atoms. The van der Waals surface area contributed by atoms with Crippen LogP contribution in [0.3, 0.4) is 0 Å². The standard InChI is InChI=1S/C8H15BrCl2O2Si/c1-3-8(12)13-5-7(9)6-14(10,11)4-2/h7H,3-6H2,1-2H3. The molecule has 0 saturated carbocycles. The molecule has 0 aromatic rings. The number of ether oxygens (including phenoxy) is 1. The molecule has 0 fully saturated rings. The summed E-state index contributed by atoms with van der Waals surface area (Å²) in [6, 6.07) is 1.50. The highest BCUT2D eigenvalue weighted by molar-refractivity contribution is 9.09. The molecule has 0 spiro atoms. The van der Waals surface area contributed by atoms with Crippen molar-refractivity contribution in [1.29, 1.82) is 0 Å². The minimum atomic E-state index is -2.12. The van der Waals surface area contributed by atoms with Crippen molar-refractivity contribution in [1.82, 2.24) is 0 Å². The molecular weight excluding hydrogens is 307 g/mol. The van der Waals surface area contributed by atoms with Gasteiger partial charge in [-0.05, 0) is 12.1 Å². The third kappa shape index (κ3) is 7.09. The van der Waals surface area contributed by atoms with Crippen molar-refractivity contribution in [2.24, 2.45) is 0 Å². The fourth-order valence-corrected chi connectivity index (χ4v) is 5.89. The minimum absolute atomic E-state index is 0.0691. The maximum Gasteiger partial charge on any atom is 0.305 e. The number of halogens is 3. The van der Waals surface area contributed by atoms with E-state index in [4.69, 9.17) is 26.9 Å². The Kier molecular flexibility index (Phi) is 7.47. The van der Waals surface area contributed by atoms with Crippen molar-refractivity contribution in [2.75, 3.05) is 6.61 Å². The average Bonchev–Trinajstić information content (AvgIpc) is 2.13. The molecule has 0 bridgehead atoms. The van der Waals surface area contributed by atoms with Gasteiger partial charge in [0.25, 0.3) is 6.69 Å². The Labute approximate surface area is 104 Å². The second kappa shape index (κ2) is 7.09. The number of esters is 1. The monoisotopic (exact) mass is 320 g/mol. The SMILES string of the molecule is CCC(=O)OCC(Br)C[Si](Cl)(Cl)CC. The van der Waals surface area contributed by atoms with Crippen molar-refractivity contribution in [3.63, 3.8) is 0 Å². The molecule has 0 aliphatic rings. The lowest BCUT2D eigenvalue weighted by Gasteiger charge is -2.18. The molecule has 1 unspecified atom stereocenters. The first-order valence-corrected chi connectivity index (χ1v) is 9.94. The summed E-state index contributed by atoms with van der Waals surface area (Å²) in [5.74, 6) is -0.192. The highest BCUT2D eigenvalue weighted by Gasteiger charge is 2.29. The molecule has 0 N–H and O–H groups in total. The smallest absolute Gasteiger partial charge is 0.305 e. The van der Waals surface area contributed by atoms with Gasteiger partial charge in [0, 0.05) is 11.2 Å². The second-order valence-electron chi connectivity index (χ2n) is 3.05. The third-order valence-corrected chi connectivity index (χ3v) is 7.59. The second-order valence-corrected chi connectivity index (χ2v) is 12.1. The Hall–Kier alpha value is 0.747. The number of hydrogen-bond acceptors (Lipinski definition) is 2. The number of alkyl halides is 1. The van der Waals surface area contributed by atoms with Crippen LogP contribution in [0, 0.1) is 0 Å². The van der Waals surface area contributed by atoms with Crippen LogP contribution in [-0.2, 0) is 9.53 Å². The largest absolute Gasteiger partial charge is 0.465 e. The van der Waals surface area contributed by atoms with E-state index in [1.807, 2.05) is 6.92 Å². The third-order valence-electron chi connectivity index (χ3n) is 1.75. The van der Waals surface area contributed by atoms with E-state index in [-0.39, 0.29) is 10.8 Å². The summed E-state index contributed by atoms with van der Waals surface area (Å²) in [6.45, 7) is 1.97. The van der Waals surface area contributed by atoms with Crippen LogP contribution in [0.4, 0.5) is 0 Å². The van der Waals surface area contributed by atoms with E-state index in [1.165, 1.54) is 0 Å². The van der Waals surface area contributed by atoms with E-state index in [1.54, 1.807) is 6.92 Å². The zero-order valence-corrected chi connectivity index (χ0v) is 12.5. The summed E-state index contributed by atoms with van der Waals surface area (Å²) in [4.78, 5) is 10.9. The van der Waals surface area contributed by atoms with E-state index in [0.29, 0.717) is 19.1 Å². The van der Waals surface area contributed by atoms with Gasteiger partial charge in [-0.3, -0.25) is 4.79 Å². The quantitative estimate of drug-likeness (QED) is 0.323. The predicted molar refractivity (Wildman–Crippen MR) is 66.7 cm³/mol. The van der Waals surface area contributed by atoms with Gasteiger partial charge in [0.1, 0.15) is 6.61 Å². The molecule has 0 aliphatic heterocycles. The lowest BCUT2D eigenvalue weighted by molar-refractivity contribution is -0.143. The maximum atomic E-state index is 10.9. The van der Waals surface area contributed by atoms with Gasteiger partial charge in [-0.25, -0.2) is 0 Å². The summed E-state index contributed by atoms with van der Waals surface area (Å²) < 4.78 is 4.96. The Morgan fingerprint density at radius 2 is 2.07 bits per heavy atom. The summed E-state index contributed by atoms with van der Waals surface area (Å²) in [5, 5.41) is 0. The first-order chi connectivity index (χ1) is 6.41. The molecular formula is C8H15BrCl2O2Si. The van der Waals surface area contributed by atoms with E-state index in [9.17, 15) is 4.79 Å². The summed E-state index contributed by atoms with van der Waals surface area (Å²) in [7, 11) is 0. The Morgan fingerprint density at radius 3 is 2.50 bits per heavy atom. The van der Waals surface area contributed by atoms with Crippen LogP contribution in [0.1, 0.15) is 20.3 Å². The number of rotatable bonds is 6. The topological polar surface area (TPSA) is 26.3 Å². The predicted octanol–water partition coefficient (Wildman–Crippen LogP) is 3.64. The maximum absolute atomic E-state index is 10.9. The van der Waals surface area contributed by atoms with E-state index < -0.39 is 6.69 Å². The molecule has 0 heterocycles. The normalized spacial score (nSPS) is 13.8. The molecule has 84 valence electrons. The molecule has 6 heteroatoms. The summed E-state index contributed by atoms with van der Waals surface area (Å²) in [6.07, 6.45) is 0.401. The first kappa shape index (κ1) is 14.7. The van der Waals surface area contributed by atoms with Gasteiger partial charge in [0.05, 0.1) is 0 Å². The van der Waals surface area contributed by atoms with Gasteiger partial charge in [-0.1, -0.05) is 29.8 Å². The number of carbonyl (C=O) groups is 1. The highest BCUT2D eigenvalue weighted by Crippen LogP contribution is 2.29. The first-order valence-electron chi connectivity index (χ1n) is 4.58. The zero-order chi connectivity index (χ0) is 11.2. The van der Waals surface area contributed by atoms with Gasteiger partial charge in [-0.2, -0.15) is 0 Å². The highest BCUT2D eigenvalue weighted by atomic mass is 79.9. The molecule has 0 aliphatic carbocycles. The summed E-state index contributed by atoms with van der Waals surface area (Å²) >= 11 is 15.6. The Morgan fingerprint density at radius 1 is 1.50 bits per heavy atom. The summed E-state index contributed by atoms with van der Waals surface area (Å²) in [5.41, 5.74) is 0. The van der Waals surface area contributed by atoms with Crippen LogP contribution in [-0.4, -0.2) is 24.1 Å². The molecule has 1 atom stereocenters. The van der Waals surface area contributed by atoms with E-state index >= 15 is 0 Å². The molecule has 0 rings (SSSR count). The molecule has 0 saturated heterocycles. The van der Waals surface area contributed by atoms with Crippen molar-refractivity contribution in [3.05, 3.63) is 0 Å². The van der Waals surface area contributed by atoms with Crippen LogP contribution in [0.2, 0.25) is 12.1 Å². The van der Waals surface area contributed by atoms with E-state index in [0.717, 1.165) is 6.04 Å². The lowest BCUT2D eigenvalue weighted by atomic mass is 10.5. The minimum Gasteiger partial charge on any atom is -0.465 e. The Bertz CT molecular complexity index is 190.